The maximum atomic E-state index is 5.49. The summed E-state index contributed by atoms with van der Waals surface area (Å²) >= 11 is 0. The molecule has 0 aromatic heterocycles. The second kappa shape index (κ2) is 2.76. The highest BCUT2D eigenvalue weighted by Gasteiger charge is 2.38. The smallest absolute Gasteiger partial charge is 0.0926 e. The minimum absolute atomic E-state index is 0.225. The lowest BCUT2D eigenvalue weighted by atomic mass is 9.90. The summed E-state index contributed by atoms with van der Waals surface area (Å²) in [5.41, 5.74) is 0.225. The second-order valence-corrected chi connectivity index (χ2v) is 3.97. The van der Waals surface area contributed by atoms with E-state index < -0.39 is 0 Å². The maximum Gasteiger partial charge on any atom is 0.0926 e. The van der Waals surface area contributed by atoms with Crippen molar-refractivity contribution in [3.8, 4) is 0 Å². The minimum atomic E-state index is 0.225. The predicted molar refractivity (Wildman–Crippen MR) is 44.6 cm³/mol. The fraction of sp³-hybridized carbons (Fsp3) is 1.00. The van der Waals surface area contributed by atoms with Crippen molar-refractivity contribution in [2.75, 3.05) is 20.2 Å². The van der Waals surface area contributed by atoms with Gasteiger partial charge in [-0.1, -0.05) is 12.8 Å². The molecule has 2 heteroatoms. The van der Waals surface area contributed by atoms with Crippen molar-refractivity contribution in [2.24, 2.45) is 5.92 Å². The SMILES string of the molecule is COC1(CCC2CC2)CNC1. The van der Waals surface area contributed by atoms with Gasteiger partial charge < -0.3 is 10.1 Å². The number of methoxy groups -OCH3 is 1. The third-order valence-electron chi connectivity index (χ3n) is 3.03. The van der Waals surface area contributed by atoms with Crippen molar-refractivity contribution >= 4 is 0 Å². The van der Waals surface area contributed by atoms with Crippen LogP contribution in [0.15, 0.2) is 0 Å². The van der Waals surface area contributed by atoms with Gasteiger partial charge in [0.2, 0.25) is 0 Å². The van der Waals surface area contributed by atoms with Gasteiger partial charge in [0.1, 0.15) is 0 Å². The second-order valence-electron chi connectivity index (χ2n) is 3.97. The monoisotopic (exact) mass is 155 g/mol. The molecule has 1 saturated heterocycles. The van der Waals surface area contributed by atoms with E-state index in [2.05, 4.69) is 5.32 Å². The van der Waals surface area contributed by atoms with Crippen LogP contribution in [0.4, 0.5) is 0 Å². The van der Waals surface area contributed by atoms with E-state index in [4.69, 9.17) is 4.74 Å². The normalized spacial score (nSPS) is 28.1. The number of nitrogens with one attached hydrogen (secondary N) is 1. The largest absolute Gasteiger partial charge is 0.376 e. The van der Waals surface area contributed by atoms with Crippen LogP contribution in [0.3, 0.4) is 0 Å². The van der Waals surface area contributed by atoms with Gasteiger partial charge in [-0.3, -0.25) is 0 Å². The molecule has 1 N–H and O–H groups in total. The molecule has 1 saturated carbocycles. The molecule has 0 atom stereocenters. The lowest BCUT2D eigenvalue weighted by molar-refractivity contribution is -0.0590. The van der Waals surface area contributed by atoms with Gasteiger partial charge in [-0.05, 0) is 18.8 Å². The summed E-state index contributed by atoms with van der Waals surface area (Å²) in [6, 6.07) is 0. The first-order valence-electron chi connectivity index (χ1n) is 4.60. The van der Waals surface area contributed by atoms with Crippen molar-refractivity contribution < 1.29 is 4.74 Å². The highest BCUT2D eigenvalue weighted by molar-refractivity contribution is 4.95. The molecule has 0 radical (unpaired) electrons. The minimum Gasteiger partial charge on any atom is -0.376 e. The van der Waals surface area contributed by atoms with Crippen molar-refractivity contribution in [1.82, 2.24) is 5.32 Å². The summed E-state index contributed by atoms with van der Waals surface area (Å²) in [6.45, 7) is 2.13. The summed E-state index contributed by atoms with van der Waals surface area (Å²) in [4.78, 5) is 0. The molecule has 1 heterocycles. The molecule has 1 aliphatic carbocycles. The molecule has 0 spiro atoms. The Morgan fingerprint density at radius 1 is 1.45 bits per heavy atom. The Hall–Kier alpha value is -0.0800. The zero-order chi connectivity index (χ0) is 7.73. The van der Waals surface area contributed by atoms with Gasteiger partial charge in [0.25, 0.3) is 0 Å². The Kier molecular flexibility index (Phi) is 1.90. The van der Waals surface area contributed by atoms with Crippen LogP contribution in [0.5, 0.6) is 0 Å². The molecule has 0 aromatic rings. The zero-order valence-corrected chi connectivity index (χ0v) is 7.23. The molecular formula is C9H17NO. The maximum absolute atomic E-state index is 5.49. The molecule has 2 rings (SSSR count). The van der Waals surface area contributed by atoms with E-state index in [0.717, 1.165) is 19.0 Å². The lowest BCUT2D eigenvalue weighted by Crippen LogP contribution is -2.60. The third kappa shape index (κ3) is 1.57. The van der Waals surface area contributed by atoms with E-state index in [0.29, 0.717) is 0 Å². The molecule has 2 aliphatic rings. The Balaban J connectivity index is 1.72. The lowest BCUT2D eigenvalue weighted by Gasteiger charge is -2.41. The summed E-state index contributed by atoms with van der Waals surface area (Å²) in [5, 5.41) is 3.27. The van der Waals surface area contributed by atoms with Gasteiger partial charge in [-0.2, -0.15) is 0 Å². The highest BCUT2D eigenvalue weighted by Crippen LogP contribution is 2.36. The van der Waals surface area contributed by atoms with Crippen LogP contribution < -0.4 is 5.32 Å². The van der Waals surface area contributed by atoms with Crippen LogP contribution in [0.25, 0.3) is 0 Å². The molecule has 1 aliphatic heterocycles. The van der Waals surface area contributed by atoms with Crippen LogP contribution in [-0.2, 0) is 4.74 Å². The van der Waals surface area contributed by atoms with E-state index in [9.17, 15) is 0 Å². The first-order chi connectivity index (χ1) is 5.35. The zero-order valence-electron chi connectivity index (χ0n) is 7.23. The van der Waals surface area contributed by atoms with Gasteiger partial charge >= 0.3 is 0 Å². The Bertz CT molecular complexity index is 133. The molecule has 2 nitrogen and oxygen atoms in total. The molecule has 0 unspecified atom stereocenters. The quantitative estimate of drug-likeness (QED) is 0.658. The van der Waals surface area contributed by atoms with E-state index in [-0.39, 0.29) is 5.60 Å². The highest BCUT2D eigenvalue weighted by atomic mass is 16.5. The molecular weight excluding hydrogens is 138 g/mol. The Morgan fingerprint density at radius 3 is 2.55 bits per heavy atom. The fourth-order valence-electron chi connectivity index (χ4n) is 1.70. The third-order valence-corrected chi connectivity index (χ3v) is 3.03. The van der Waals surface area contributed by atoms with Crippen LogP contribution in [0.2, 0.25) is 0 Å². The van der Waals surface area contributed by atoms with Crippen molar-refractivity contribution in [3.63, 3.8) is 0 Å². The first kappa shape index (κ1) is 7.56. The van der Waals surface area contributed by atoms with Gasteiger partial charge in [0, 0.05) is 20.2 Å². The van der Waals surface area contributed by atoms with Crippen LogP contribution in [-0.4, -0.2) is 25.8 Å². The molecule has 2 fully saturated rings. The average Bonchev–Trinajstić information content (AvgIpc) is 2.70. The summed E-state index contributed by atoms with van der Waals surface area (Å²) in [6.07, 6.45) is 5.58. The van der Waals surface area contributed by atoms with E-state index in [1.165, 1.54) is 25.7 Å². The van der Waals surface area contributed by atoms with Crippen LogP contribution in [0, 0.1) is 5.92 Å². The van der Waals surface area contributed by atoms with E-state index in [1.54, 1.807) is 0 Å². The summed E-state index contributed by atoms with van der Waals surface area (Å²) in [5.74, 6) is 1.04. The van der Waals surface area contributed by atoms with Gasteiger partial charge in [-0.15, -0.1) is 0 Å². The first-order valence-corrected chi connectivity index (χ1v) is 4.60. The van der Waals surface area contributed by atoms with Crippen molar-refractivity contribution in [2.45, 2.75) is 31.3 Å². The molecule has 0 aromatic carbocycles. The van der Waals surface area contributed by atoms with E-state index in [1.807, 2.05) is 7.11 Å². The van der Waals surface area contributed by atoms with E-state index >= 15 is 0 Å². The Morgan fingerprint density at radius 2 is 2.18 bits per heavy atom. The molecule has 11 heavy (non-hydrogen) atoms. The number of ether oxygens (including phenoxy) is 1. The fourth-order valence-corrected chi connectivity index (χ4v) is 1.70. The van der Waals surface area contributed by atoms with Gasteiger partial charge in [0.05, 0.1) is 5.60 Å². The summed E-state index contributed by atoms with van der Waals surface area (Å²) < 4.78 is 5.49. The number of hydrogen-bond acceptors (Lipinski definition) is 2. The van der Waals surface area contributed by atoms with Gasteiger partial charge in [-0.25, -0.2) is 0 Å². The molecule has 0 amide bonds. The topological polar surface area (TPSA) is 21.3 Å². The van der Waals surface area contributed by atoms with Crippen LogP contribution >= 0.6 is 0 Å². The standard InChI is InChI=1S/C9H17NO/c1-11-9(6-10-7-9)5-4-8-2-3-8/h8,10H,2-7H2,1H3. The number of rotatable bonds is 4. The molecule has 64 valence electrons. The van der Waals surface area contributed by atoms with Crippen molar-refractivity contribution in [1.29, 1.82) is 0 Å². The van der Waals surface area contributed by atoms with Crippen LogP contribution in [0.1, 0.15) is 25.7 Å². The Labute approximate surface area is 68.3 Å². The molecule has 0 bridgehead atoms. The van der Waals surface area contributed by atoms with Crippen molar-refractivity contribution in [3.05, 3.63) is 0 Å². The van der Waals surface area contributed by atoms with Gasteiger partial charge in [0.15, 0.2) is 0 Å². The average molecular weight is 155 g/mol. The predicted octanol–water partition coefficient (Wildman–Crippen LogP) is 1.17. The summed E-state index contributed by atoms with van der Waals surface area (Å²) in [7, 11) is 1.84. The number of hydrogen-bond donors (Lipinski definition) is 1.